The Morgan fingerprint density at radius 3 is 2.10 bits per heavy atom. The van der Waals surface area contributed by atoms with Crippen molar-refractivity contribution in [2.75, 3.05) is 0 Å². The van der Waals surface area contributed by atoms with Gasteiger partial charge in [0.05, 0.1) is 5.69 Å². The van der Waals surface area contributed by atoms with Crippen LogP contribution in [0, 0.1) is 0 Å². The zero-order valence-corrected chi connectivity index (χ0v) is 11.3. The monoisotopic (exact) mass is 271 g/mol. The van der Waals surface area contributed by atoms with Crippen LogP contribution in [0.4, 0.5) is 0 Å². The van der Waals surface area contributed by atoms with Crippen molar-refractivity contribution < 1.29 is 0 Å². The molecule has 3 heterocycles. The second-order valence-corrected chi connectivity index (χ2v) is 4.79. The molecule has 7 nitrogen and oxygen atoms in total. The van der Waals surface area contributed by atoms with Crippen molar-refractivity contribution in [2.24, 2.45) is 7.05 Å². The number of nitrogens with zero attached hydrogens (tertiary/aromatic N) is 5. The molecular weight excluding hydrogens is 254 g/mol. The quantitative estimate of drug-likeness (QED) is 0.703. The summed E-state index contributed by atoms with van der Waals surface area (Å²) < 4.78 is 1.82. The first-order chi connectivity index (χ1) is 9.79. The van der Waals surface area contributed by atoms with Crippen molar-refractivity contribution in [3.63, 3.8) is 0 Å². The van der Waals surface area contributed by atoms with Gasteiger partial charge in [-0.15, -0.1) is 0 Å². The van der Waals surface area contributed by atoms with Gasteiger partial charge < -0.3 is 0 Å². The van der Waals surface area contributed by atoms with Crippen LogP contribution in [0.5, 0.6) is 0 Å². The molecule has 0 saturated heterocycles. The first-order valence-electron chi connectivity index (χ1n) is 6.47. The van der Waals surface area contributed by atoms with Crippen LogP contribution in [0.15, 0.2) is 36.8 Å². The lowest BCUT2D eigenvalue weighted by molar-refractivity contribution is 0.238. The number of aryl methyl sites for hydroxylation is 1. The first-order valence-corrected chi connectivity index (χ1v) is 6.47. The average Bonchev–Trinajstić information content (AvgIpc) is 3.13. The molecule has 0 unspecified atom stereocenters. The van der Waals surface area contributed by atoms with Gasteiger partial charge in [0.2, 0.25) is 0 Å². The fraction of sp³-hybridized carbons (Fsp3) is 0.308. The van der Waals surface area contributed by atoms with E-state index in [1.165, 1.54) is 0 Å². The fourth-order valence-corrected chi connectivity index (χ4v) is 2.17. The number of hydrogen-bond donors (Lipinski definition) is 2. The van der Waals surface area contributed by atoms with E-state index in [0.29, 0.717) is 0 Å². The molecule has 0 atom stereocenters. The number of nitrogens with one attached hydrogen (secondary N) is 2. The van der Waals surface area contributed by atoms with Crippen molar-refractivity contribution in [2.45, 2.75) is 19.6 Å². The van der Waals surface area contributed by atoms with Gasteiger partial charge in [-0.1, -0.05) is 0 Å². The van der Waals surface area contributed by atoms with Crippen LogP contribution in [-0.4, -0.2) is 35.1 Å². The highest BCUT2D eigenvalue weighted by molar-refractivity contribution is 5.04. The summed E-state index contributed by atoms with van der Waals surface area (Å²) in [5, 5.41) is 18.4. The Morgan fingerprint density at radius 2 is 1.65 bits per heavy atom. The molecule has 0 bridgehead atoms. The third-order valence-corrected chi connectivity index (χ3v) is 3.06. The molecule has 7 heteroatoms. The molecule has 0 saturated carbocycles. The van der Waals surface area contributed by atoms with Crippen LogP contribution in [-0.2, 0) is 26.7 Å². The fourth-order valence-electron chi connectivity index (χ4n) is 2.17. The summed E-state index contributed by atoms with van der Waals surface area (Å²) in [5.74, 6) is 0. The Bertz CT molecular complexity index is 587. The van der Waals surface area contributed by atoms with E-state index in [1.807, 2.05) is 36.1 Å². The molecular formula is C13H17N7. The minimum absolute atomic E-state index is 0.777. The van der Waals surface area contributed by atoms with Crippen LogP contribution in [0.25, 0.3) is 0 Å². The third-order valence-electron chi connectivity index (χ3n) is 3.06. The number of H-pyrrole nitrogens is 2. The molecule has 0 amide bonds. The summed E-state index contributed by atoms with van der Waals surface area (Å²) in [5.41, 5.74) is 3.22. The maximum Gasteiger partial charge on any atom is 0.0764 e. The van der Waals surface area contributed by atoms with Gasteiger partial charge in [0.1, 0.15) is 0 Å². The van der Waals surface area contributed by atoms with Crippen LogP contribution < -0.4 is 0 Å². The Morgan fingerprint density at radius 1 is 1.00 bits per heavy atom. The largest absolute Gasteiger partial charge is 0.286 e. The van der Waals surface area contributed by atoms with Crippen LogP contribution in [0.2, 0.25) is 0 Å². The van der Waals surface area contributed by atoms with Gasteiger partial charge in [-0.2, -0.15) is 15.3 Å². The second kappa shape index (κ2) is 5.70. The smallest absolute Gasteiger partial charge is 0.0764 e. The van der Waals surface area contributed by atoms with E-state index in [4.69, 9.17) is 0 Å². The number of aromatic nitrogens is 6. The molecule has 0 aliphatic rings. The molecule has 104 valence electrons. The zero-order valence-electron chi connectivity index (χ0n) is 11.3. The highest BCUT2D eigenvalue weighted by Crippen LogP contribution is 2.10. The van der Waals surface area contributed by atoms with Gasteiger partial charge in [-0.25, -0.2) is 0 Å². The minimum Gasteiger partial charge on any atom is -0.286 e. The molecule has 0 aliphatic heterocycles. The zero-order chi connectivity index (χ0) is 13.8. The van der Waals surface area contributed by atoms with Crippen LogP contribution in [0.3, 0.4) is 0 Å². The SMILES string of the molecule is Cn1ccc(CN(Cc2ccn[nH]2)Cc2ccn[nH]2)n1. The van der Waals surface area contributed by atoms with Crippen molar-refractivity contribution in [3.8, 4) is 0 Å². The predicted octanol–water partition coefficient (Wildman–Crippen LogP) is 1.07. The molecule has 3 aromatic rings. The predicted molar refractivity (Wildman–Crippen MR) is 73.3 cm³/mol. The first kappa shape index (κ1) is 12.6. The van der Waals surface area contributed by atoms with E-state index in [0.717, 1.165) is 36.7 Å². The van der Waals surface area contributed by atoms with E-state index in [2.05, 4.69) is 30.4 Å². The Labute approximate surface area is 116 Å². The van der Waals surface area contributed by atoms with Gasteiger partial charge in [-0.3, -0.25) is 19.8 Å². The van der Waals surface area contributed by atoms with E-state index in [-0.39, 0.29) is 0 Å². The molecule has 3 rings (SSSR count). The van der Waals surface area contributed by atoms with E-state index < -0.39 is 0 Å². The van der Waals surface area contributed by atoms with Crippen molar-refractivity contribution in [3.05, 3.63) is 53.9 Å². The molecule has 0 radical (unpaired) electrons. The lowest BCUT2D eigenvalue weighted by Gasteiger charge is -2.19. The van der Waals surface area contributed by atoms with Crippen molar-refractivity contribution >= 4 is 0 Å². The molecule has 20 heavy (non-hydrogen) atoms. The normalized spacial score (nSPS) is 11.3. The third kappa shape index (κ3) is 3.12. The summed E-state index contributed by atoms with van der Waals surface area (Å²) in [6.07, 6.45) is 5.49. The topological polar surface area (TPSA) is 78.4 Å². The summed E-state index contributed by atoms with van der Waals surface area (Å²) in [7, 11) is 1.93. The lowest BCUT2D eigenvalue weighted by Crippen LogP contribution is -2.23. The highest BCUT2D eigenvalue weighted by atomic mass is 15.3. The summed E-state index contributed by atoms with van der Waals surface area (Å²) in [4.78, 5) is 2.28. The van der Waals surface area contributed by atoms with Gasteiger partial charge in [0, 0.05) is 56.7 Å². The number of aromatic amines is 2. The van der Waals surface area contributed by atoms with E-state index in [1.54, 1.807) is 12.4 Å². The van der Waals surface area contributed by atoms with Gasteiger partial charge >= 0.3 is 0 Å². The van der Waals surface area contributed by atoms with Crippen molar-refractivity contribution in [1.82, 2.24) is 35.1 Å². The molecule has 0 fully saturated rings. The number of rotatable bonds is 6. The summed E-state index contributed by atoms with van der Waals surface area (Å²) in [6, 6.07) is 6.00. The Balaban J connectivity index is 1.72. The minimum atomic E-state index is 0.777. The van der Waals surface area contributed by atoms with Crippen LogP contribution >= 0.6 is 0 Å². The molecule has 0 spiro atoms. The van der Waals surface area contributed by atoms with Gasteiger partial charge in [0.25, 0.3) is 0 Å². The molecule has 2 N–H and O–H groups in total. The molecule has 0 aromatic carbocycles. The molecule has 0 aliphatic carbocycles. The summed E-state index contributed by atoms with van der Waals surface area (Å²) >= 11 is 0. The second-order valence-electron chi connectivity index (χ2n) is 4.79. The van der Waals surface area contributed by atoms with Gasteiger partial charge in [-0.05, 0) is 18.2 Å². The van der Waals surface area contributed by atoms with E-state index >= 15 is 0 Å². The Hall–Kier alpha value is -2.41. The standard InChI is InChI=1S/C13H17N7/c1-19-7-4-13(18-19)10-20(8-11-2-5-14-16-11)9-12-3-6-15-17-12/h2-7H,8-10H2,1H3,(H,14,16)(H,15,17). The number of hydrogen-bond acceptors (Lipinski definition) is 4. The highest BCUT2D eigenvalue weighted by Gasteiger charge is 2.11. The van der Waals surface area contributed by atoms with Gasteiger partial charge in [0.15, 0.2) is 0 Å². The lowest BCUT2D eigenvalue weighted by atomic mass is 10.3. The Kier molecular flexibility index (Phi) is 3.60. The maximum atomic E-state index is 4.43. The van der Waals surface area contributed by atoms with E-state index in [9.17, 15) is 0 Å². The van der Waals surface area contributed by atoms with Crippen molar-refractivity contribution in [1.29, 1.82) is 0 Å². The average molecular weight is 271 g/mol. The molecule has 3 aromatic heterocycles. The maximum absolute atomic E-state index is 4.43. The van der Waals surface area contributed by atoms with Crippen LogP contribution in [0.1, 0.15) is 17.1 Å². The summed E-state index contributed by atoms with van der Waals surface area (Å²) in [6.45, 7) is 2.35.